The second kappa shape index (κ2) is 5.20. The van der Waals surface area contributed by atoms with Gasteiger partial charge < -0.3 is 4.74 Å². The van der Waals surface area contributed by atoms with Crippen LogP contribution in [-0.2, 0) is 14.8 Å². The van der Waals surface area contributed by atoms with Gasteiger partial charge in [0, 0.05) is 13.2 Å². The van der Waals surface area contributed by atoms with Gasteiger partial charge in [0.15, 0.2) is 0 Å². The summed E-state index contributed by atoms with van der Waals surface area (Å²) in [4.78, 5) is 0. The third kappa shape index (κ3) is 3.14. The van der Waals surface area contributed by atoms with Gasteiger partial charge in [-0.2, -0.15) is 0 Å². The highest BCUT2D eigenvalue weighted by Crippen LogP contribution is 2.31. The van der Waals surface area contributed by atoms with Crippen molar-refractivity contribution in [1.29, 1.82) is 0 Å². The Bertz CT molecular complexity index is 513. The van der Waals surface area contributed by atoms with Crippen molar-refractivity contribution in [2.24, 2.45) is 0 Å². The van der Waals surface area contributed by atoms with Gasteiger partial charge in [-0.05, 0) is 54.2 Å². The maximum Gasteiger partial charge on any atom is 0.250 e. The minimum absolute atomic E-state index is 0.323. The Morgan fingerprint density at radius 3 is 2.83 bits per heavy atom. The normalized spacial score (nSPS) is 24.6. The summed E-state index contributed by atoms with van der Waals surface area (Å²) in [5.74, 6) is 0. The van der Waals surface area contributed by atoms with E-state index < -0.39 is 10.0 Å². The Morgan fingerprint density at radius 1 is 1.61 bits per heavy atom. The molecule has 1 aromatic rings. The first-order chi connectivity index (χ1) is 8.32. The van der Waals surface area contributed by atoms with Crippen molar-refractivity contribution < 1.29 is 13.2 Å². The molecule has 0 aliphatic carbocycles. The van der Waals surface area contributed by atoms with Gasteiger partial charge >= 0.3 is 0 Å². The molecule has 18 heavy (non-hydrogen) atoms. The van der Waals surface area contributed by atoms with E-state index in [0.29, 0.717) is 17.4 Å². The van der Waals surface area contributed by atoms with Crippen LogP contribution in [0.1, 0.15) is 25.3 Å². The van der Waals surface area contributed by atoms with E-state index in [-0.39, 0.29) is 5.60 Å². The molecule has 4 nitrogen and oxygen atoms in total. The summed E-state index contributed by atoms with van der Waals surface area (Å²) in [7, 11) is -3.43. The Hall–Kier alpha value is 0.0500. The van der Waals surface area contributed by atoms with Crippen molar-refractivity contribution in [3.63, 3.8) is 0 Å². The summed E-state index contributed by atoms with van der Waals surface area (Å²) in [6.07, 6.45) is 1.88. The van der Waals surface area contributed by atoms with E-state index in [1.54, 1.807) is 6.07 Å². The van der Waals surface area contributed by atoms with Crippen LogP contribution in [0.2, 0.25) is 0 Å². The average molecular weight is 354 g/mol. The van der Waals surface area contributed by atoms with E-state index in [0.717, 1.165) is 22.2 Å². The number of rotatable bonds is 4. The van der Waals surface area contributed by atoms with Crippen LogP contribution in [0.25, 0.3) is 0 Å². The third-order valence-corrected chi connectivity index (χ3v) is 7.05. The molecule has 1 aromatic heterocycles. The topological polar surface area (TPSA) is 55.4 Å². The first-order valence-corrected chi connectivity index (χ1v) is 8.81. The van der Waals surface area contributed by atoms with E-state index in [4.69, 9.17) is 4.74 Å². The minimum atomic E-state index is -3.43. The number of hydrogen-bond acceptors (Lipinski definition) is 4. The quantitative estimate of drug-likeness (QED) is 0.905. The zero-order valence-corrected chi connectivity index (χ0v) is 13.5. The van der Waals surface area contributed by atoms with Crippen LogP contribution >= 0.6 is 27.3 Å². The third-order valence-electron chi connectivity index (χ3n) is 3.04. The average Bonchev–Trinajstić information content (AvgIpc) is 2.86. The molecule has 0 aromatic carbocycles. The van der Waals surface area contributed by atoms with E-state index in [9.17, 15) is 8.42 Å². The number of ether oxygens (including phenoxy) is 1. The number of aryl methyl sites for hydroxylation is 1. The Labute approximate surface area is 120 Å². The van der Waals surface area contributed by atoms with Crippen LogP contribution in [0, 0.1) is 6.92 Å². The van der Waals surface area contributed by atoms with Crippen LogP contribution in [0.5, 0.6) is 0 Å². The molecule has 0 amide bonds. The predicted octanol–water partition coefficient (Wildman–Crippen LogP) is 2.67. The second-order valence-electron chi connectivity index (χ2n) is 4.75. The van der Waals surface area contributed by atoms with Gasteiger partial charge in [-0.25, -0.2) is 13.1 Å². The summed E-state index contributed by atoms with van der Waals surface area (Å²) in [6.45, 7) is 4.85. The molecule has 7 heteroatoms. The first-order valence-electron chi connectivity index (χ1n) is 5.72. The summed E-state index contributed by atoms with van der Waals surface area (Å²) in [5, 5.41) is 0. The molecule has 2 heterocycles. The number of halogens is 1. The summed E-state index contributed by atoms with van der Waals surface area (Å²) >= 11 is 4.57. The summed E-state index contributed by atoms with van der Waals surface area (Å²) < 4.78 is 33.6. The van der Waals surface area contributed by atoms with Gasteiger partial charge in [0.05, 0.1) is 9.39 Å². The molecule has 1 saturated heterocycles. The zero-order valence-electron chi connectivity index (χ0n) is 10.3. The standard InChI is InChI=1S/C11H16BrNO3S2/c1-8-6-9(17-10(8)12)18(14,15)13-7-11(2)4-3-5-16-11/h6,13H,3-5,7H2,1-2H3. The Morgan fingerprint density at radius 2 is 2.33 bits per heavy atom. The van der Waals surface area contributed by atoms with Crippen molar-refractivity contribution >= 4 is 37.3 Å². The van der Waals surface area contributed by atoms with Gasteiger partial charge in [-0.1, -0.05) is 0 Å². The first kappa shape index (κ1) is 14.5. The van der Waals surface area contributed by atoms with E-state index in [1.807, 2.05) is 13.8 Å². The lowest BCUT2D eigenvalue weighted by atomic mass is 10.0. The lowest BCUT2D eigenvalue weighted by molar-refractivity contribution is 0.0250. The highest BCUT2D eigenvalue weighted by molar-refractivity contribution is 9.11. The van der Waals surface area contributed by atoms with Gasteiger partial charge in [0.25, 0.3) is 0 Å². The monoisotopic (exact) mass is 353 g/mol. The van der Waals surface area contributed by atoms with Crippen molar-refractivity contribution in [2.75, 3.05) is 13.2 Å². The Kier molecular flexibility index (Phi) is 4.18. The predicted molar refractivity (Wildman–Crippen MR) is 75.5 cm³/mol. The fourth-order valence-electron chi connectivity index (χ4n) is 1.86. The molecule has 1 fully saturated rings. The van der Waals surface area contributed by atoms with Crippen LogP contribution in [0.15, 0.2) is 14.1 Å². The van der Waals surface area contributed by atoms with E-state index in [2.05, 4.69) is 20.7 Å². The molecule has 1 aliphatic rings. The largest absolute Gasteiger partial charge is 0.374 e. The molecule has 0 spiro atoms. The molecule has 1 aliphatic heterocycles. The van der Waals surface area contributed by atoms with Crippen LogP contribution in [0.4, 0.5) is 0 Å². The van der Waals surface area contributed by atoms with Crippen LogP contribution < -0.4 is 4.72 Å². The number of hydrogen-bond donors (Lipinski definition) is 1. The lowest BCUT2D eigenvalue weighted by Crippen LogP contribution is -2.39. The van der Waals surface area contributed by atoms with E-state index in [1.165, 1.54) is 11.3 Å². The number of nitrogens with one attached hydrogen (secondary N) is 1. The fraction of sp³-hybridized carbons (Fsp3) is 0.636. The minimum Gasteiger partial charge on any atom is -0.374 e. The van der Waals surface area contributed by atoms with E-state index >= 15 is 0 Å². The molecular weight excluding hydrogens is 338 g/mol. The maximum absolute atomic E-state index is 12.1. The highest BCUT2D eigenvalue weighted by atomic mass is 79.9. The van der Waals surface area contributed by atoms with Crippen molar-refractivity contribution in [2.45, 2.75) is 36.5 Å². The summed E-state index contributed by atoms with van der Waals surface area (Å²) in [5.41, 5.74) is 0.570. The molecule has 1 atom stereocenters. The van der Waals surface area contributed by atoms with Crippen molar-refractivity contribution in [3.05, 3.63) is 15.4 Å². The maximum atomic E-state index is 12.1. The number of thiophene rings is 1. The fourth-order valence-corrected chi connectivity index (χ4v) is 5.29. The Balaban J connectivity index is 2.08. The van der Waals surface area contributed by atoms with Gasteiger partial charge in [-0.15, -0.1) is 11.3 Å². The highest BCUT2D eigenvalue weighted by Gasteiger charge is 2.31. The second-order valence-corrected chi connectivity index (χ2v) is 9.11. The van der Waals surface area contributed by atoms with Gasteiger partial charge in [0.1, 0.15) is 4.21 Å². The molecule has 1 N–H and O–H groups in total. The SMILES string of the molecule is Cc1cc(S(=O)(=O)NCC2(C)CCCO2)sc1Br. The molecule has 1 unspecified atom stereocenters. The smallest absolute Gasteiger partial charge is 0.250 e. The van der Waals surface area contributed by atoms with Gasteiger partial charge in [0.2, 0.25) is 10.0 Å². The lowest BCUT2D eigenvalue weighted by Gasteiger charge is -2.22. The molecule has 0 bridgehead atoms. The molecule has 102 valence electrons. The molecule has 0 radical (unpaired) electrons. The van der Waals surface area contributed by atoms with Crippen LogP contribution in [0.3, 0.4) is 0 Å². The van der Waals surface area contributed by atoms with Crippen LogP contribution in [-0.4, -0.2) is 27.2 Å². The zero-order chi connectivity index (χ0) is 13.4. The molecule has 2 rings (SSSR count). The molecular formula is C11H16BrNO3S2. The van der Waals surface area contributed by atoms with Gasteiger partial charge in [-0.3, -0.25) is 0 Å². The molecule has 0 saturated carbocycles. The van der Waals surface area contributed by atoms with Crippen molar-refractivity contribution in [3.8, 4) is 0 Å². The number of sulfonamides is 1. The van der Waals surface area contributed by atoms with Crippen molar-refractivity contribution in [1.82, 2.24) is 4.72 Å². The summed E-state index contributed by atoms with van der Waals surface area (Å²) in [6, 6.07) is 1.68.